The Labute approximate surface area is 163 Å². The summed E-state index contributed by atoms with van der Waals surface area (Å²) >= 11 is 8.18. The molecule has 0 spiro atoms. The summed E-state index contributed by atoms with van der Waals surface area (Å²) in [5, 5.41) is 11.1. The summed E-state index contributed by atoms with van der Waals surface area (Å²) < 4.78 is 6.54. The van der Waals surface area contributed by atoms with E-state index in [1.807, 2.05) is 30.3 Å². The number of amides is 2. The maximum atomic E-state index is 12.9. The molecule has 0 aliphatic carbocycles. The summed E-state index contributed by atoms with van der Waals surface area (Å²) in [5.41, 5.74) is 0.739. The van der Waals surface area contributed by atoms with Crippen LogP contribution in [0.5, 0.6) is 0 Å². The fourth-order valence-corrected chi connectivity index (χ4v) is 3.74. The van der Waals surface area contributed by atoms with Crippen LogP contribution in [0.3, 0.4) is 0 Å². The Bertz CT molecular complexity index is 564. The molecule has 9 heteroatoms. The van der Waals surface area contributed by atoms with Crippen molar-refractivity contribution in [2.24, 2.45) is 0 Å². The summed E-state index contributed by atoms with van der Waals surface area (Å²) in [6.07, 6.45) is 1.88. The topological polar surface area (TPSA) is 68.7 Å². The van der Waals surface area contributed by atoms with Crippen LogP contribution in [0, 0.1) is 5.41 Å². The van der Waals surface area contributed by atoms with Crippen molar-refractivity contribution in [2.75, 3.05) is 23.9 Å². The van der Waals surface area contributed by atoms with Crippen LogP contribution in [0.1, 0.15) is 26.7 Å². The number of thiocarbonyl (C=S) groups is 1. The number of nitrogens with zero attached hydrogens (tertiary/aromatic N) is 2. The zero-order valence-electron chi connectivity index (χ0n) is 14.7. The van der Waals surface area contributed by atoms with E-state index in [4.69, 9.17) is 22.4 Å². The highest BCUT2D eigenvalue weighted by Gasteiger charge is 2.30. The normalized spacial score (nSPS) is 10.0. The van der Waals surface area contributed by atoms with Gasteiger partial charge in [0.2, 0.25) is 0 Å². The maximum absolute atomic E-state index is 12.9. The van der Waals surface area contributed by atoms with Crippen molar-refractivity contribution in [3.63, 3.8) is 0 Å². The Hall–Kier alpha value is -1.45. The molecule has 0 radical (unpaired) electrons. The molecular formula is C16H24N4O2S3. The number of methoxy groups -OCH3 is 1. The molecule has 0 saturated carbocycles. The summed E-state index contributed by atoms with van der Waals surface area (Å²) in [6, 6.07) is 8.55. The van der Waals surface area contributed by atoms with Crippen molar-refractivity contribution in [3.8, 4) is 0 Å². The van der Waals surface area contributed by atoms with Crippen LogP contribution in [0.15, 0.2) is 30.3 Å². The van der Waals surface area contributed by atoms with Crippen molar-refractivity contribution in [3.05, 3.63) is 30.3 Å². The Morgan fingerprint density at radius 1 is 1.20 bits per heavy atom. The first-order valence-corrected chi connectivity index (χ1v) is 10.2. The summed E-state index contributed by atoms with van der Waals surface area (Å²) in [4.78, 5) is 14.0. The fourth-order valence-electron chi connectivity index (χ4n) is 1.64. The molecule has 1 aromatic rings. The van der Waals surface area contributed by atoms with Crippen LogP contribution in [-0.4, -0.2) is 44.4 Å². The summed E-state index contributed by atoms with van der Waals surface area (Å²) in [7, 11) is 1.34. The van der Waals surface area contributed by atoms with Crippen LogP contribution in [-0.2, 0) is 4.74 Å². The molecule has 25 heavy (non-hydrogen) atoms. The van der Waals surface area contributed by atoms with E-state index < -0.39 is 6.03 Å². The lowest BCUT2D eigenvalue weighted by Gasteiger charge is -2.28. The molecule has 0 saturated heterocycles. The van der Waals surface area contributed by atoms with Gasteiger partial charge in [-0.05, 0) is 61.1 Å². The number of rotatable bonds is 7. The van der Waals surface area contributed by atoms with Crippen molar-refractivity contribution >= 4 is 59.0 Å². The highest BCUT2D eigenvalue weighted by molar-refractivity contribution is 8.12. The molecule has 0 aliphatic heterocycles. The Kier molecular flexibility index (Phi) is 10.4. The third-order valence-electron chi connectivity index (χ3n) is 2.80. The van der Waals surface area contributed by atoms with Gasteiger partial charge in [0.15, 0.2) is 5.11 Å². The molecule has 2 amide bonds. The highest BCUT2D eigenvalue weighted by atomic mass is 32.2. The van der Waals surface area contributed by atoms with Gasteiger partial charge in [-0.3, -0.25) is 5.41 Å². The van der Waals surface area contributed by atoms with Crippen molar-refractivity contribution in [1.82, 2.24) is 8.61 Å². The standard InChI is InChI=1S/C16H24N4O2S3/c1-4-11-24-20(25-12-5-2)16(21)19(14(17)22-3)15(23)18-13-9-7-6-8-10-13/h6-10,17H,4-5,11-12H2,1-3H3,(H,18,23). The number of hydrogen-bond acceptors (Lipinski definition) is 6. The predicted octanol–water partition coefficient (Wildman–Crippen LogP) is 4.80. The molecule has 1 aromatic carbocycles. The lowest BCUT2D eigenvalue weighted by Crippen LogP contribution is -2.47. The molecule has 0 aliphatic rings. The minimum Gasteiger partial charge on any atom is -0.468 e. The molecule has 6 nitrogen and oxygen atoms in total. The highest BCUT2D eigenvalue weighted by Crippen LogP contribution is 2.26. The van der Waals surface area contributed by atoms with Crippen molar-refractivity contribution < 1.29 is 9.53 Å². The number of carbonyl (C=O) groups excluding carboxylic acids is 1. The molecule has 0 unspecified atom stereocenters. The number of anilines is 1. The van der Waals surface area contributed by atoms with Gasteiger partial charge in [-0.1, -0.05) is 32.0 Å². The van der Waals surface area contributed by atoms with Gasteiger partial charge in [-0.25, -0.2) is 8.51 Å². The summed E-state index contributed by atoms with van der Waals surface area (Å²) in [6.45, 7) is 4.10. The number of hydrogen-bond donors (Lipinski definition) is 2. The molecule has 2 N–H and O–H groups in total. The van der Waals surface area contributed by atoms with E-state index in [1.165, 1.54) is 31.0 Å². The van der Waals surface area contributed by atoms with Crippen LogP contribution in [0.2, 0.25) is 0 Å². The average Bonchev–Trinajstić information content (AvgIpc) is 2.62. The molecule has 1 rings (SSSR count). The van der Waals surface area contributed by atoms with E-state index >= 15 is 0 Å². The van der Waals surface area contributed by atoms with E-state index in [1.54, 1.807) is 3.71 Å². The second kappa shape index (κ2) is 12.0. The number of para-hydroxylation sites is 1. The third kappa shape index (κ3) is 7.13. The first-order valence-electron chi connectivity index (χ1n) is 7.93. The number of ether oxygens (including phenoxy) is 1. The van der Waals surface area contributed by atoms with Gasteiger partial charge < -0.3 is 10.1 Å². The second-order valence-electron chi connectivity index (χ2n) is 4.85. The van der Waals surface area contributed by atoms with E-state index in [0.717, 1.165) is 34.9 Å². The number of benzene rings is 1. The minimum absolute atomic E-state index is 0.0993. The van der Waals surface area contributed by atoms with Gasteiger partial charge in [0.05, 0.1) is 7.11 Å². The second-order valence-corrected chi connectivity index (χ2v) is 7.53. The van der Waals surface area contributed by atoms with Gasteiger partial charge in [0.25, 0.3) is 6.02 Å². The maximum Gasteiger partial charge on any atom is 0.355 e. The van der Waals surface area contributed by atoms with Crippen molar-refractivity contribution in [2.45, 2.75) is 26.7 Å². The molecule has 0 aromatic heterocycles. The van der Waals surface area contributed by atoms with Crippen LogP contribution in [0.25, 0.3) is 0 Å². The zero-order valence-corrected chi connectivity index (χ0v) is 17.1. The Morgan fingerprint density at radius 3 is 2.24 bits per heavy atom. The lowest BCUT2D eigenvalue weighted by molar-refractivity contribution is 0.222. The van der Waals surface area contributed by atoms with Gasteiger partial charge >= 0.3 is 6.03 Å². The number of amidine groups is 1. The van der Waals surface area contributed by atoms with E-state index in [2.05, 4.69) is 19.2 Å². The van der Waals surface area contributed by atoms with Gasteiger partial charge in [-0.2, -0.15) is 4.90 Å². The minimum atomic E-state index is -0.405. The van der Waals surface area contributed by atoms with Gasteiger partial charge in [-0.15, -0.1) is 0 Å². The van der Waals surface area contributed by atoms with Gasteiger partial charge in [0.1, 0.15) is 0 Å². The molecular weight excluding hydrogens is 376 g/mol. The lowest BCUT2D eigenvalue weighted by atomic mass is 10.3. The fraction of sp³-hybridized carbons (Fsp3) is 0.438. The van der Waals surface area contributed by atoms with E-state index in [9.17, 15) is 4.79 Å². The Balaban J connectivity index is 2.95. The van der Waals surface area contributed by atoms with E-state index in [0.29, 0.717) is 0 Å². The smallest absolute Gasteiger partial charge is 0.355 e. The van der Waals surface area contributed by atoms with Gasteiger partial charge in [0, 0.05) is 17.2 Å². The molecule has 0 heterocycles. The number of urea groups is 1. The molecule has 0 bridgehead atoms. The molecule has 138 valence electrons. The quantitative estimate of drug-likeness (QED) is 0.296. The molecule has 0 fully saturated rings. The monoisotopic (exact) mass is 400 g/mol. The SMILES string of the molecule is CCCSN(SCCC)C(=O)N(C(=N)OC)C(=S)Nc1ccccc1. The first kappa shape index (κ1) is 21.6. The average molecular weight is 401 g/mol. The third-order valence-corrected chi connectivity index (χ3v) is 5.68. The Morgan fingerprint density at radius 2 is 1.76 bits per heavy atom. The predicted molar refractivity (Wildman–Crippen MR) is 112 cm³/mol. The molecule has 0 atom stereocenters. The van der Waals surface area contributed by atoms with Crippen LogP contribution in [0.4, 0.5) is 10.5 Å². The van der Waals surface area contributed by atoms with Crippen LogP contribution < -0.4 is 5.32 Å². The largest absolute Gasteiger partial charge is 0.468 e. The zero-order chi connectivity index (χ0) is 18.7. The first-order chi connectivity index (χ1) is 12.0. The number of nitrogens with one attached hydrogen (secondary N) is 2. The summed E-state index contributed by atoms with van der Waals surface area (Å²) in [5.74, 6) is 1.60. The number of carbonyl (C=O) groups is 1. The van der Waals surface area contributed by atoms with Crippen LogP contribution >= 0.6 is 36.1 Å². The van der Waals surface area contributed by atoms with Crippen molar-refractivity contribution in [1.29, 1.82) is 5.41 Å². The van der Waals surface area contributed by atoms with E-state index in [-0.39, 0.29) is 11.1 Å².